The molecule has 12 heavy (non-hydrogen) atoms. The Hall–Kier alpha value is 0.110. The van der Waals surface area contributed by atoms with E-state index in [1.54, 1.807) is 13.8 Å². The second kappa shape index (κ2) is 3.88. The van der Waals surface area contributed by atoms with Crippen molar-refractivity contribution in [3.8, 4) is 0 Å². The third-order valence-corrected chi connectivity index (χ3v) is 2.70. The zero-order valence-electron chi connectivity index (χ0n) is 7.49. The van der Waals surface area contributed by atoms with E-state index in [0.29, 0.717) is 12.8 Å². The predicted molar refractivity (Wildman–Crippen MR) is 48.1 cm³/mol. The minimum absolute atomic E-state index is 0. The SMILES string of the molecule is CCC1(C)NCCCC1(F)F.Cl. The van der Waals surface area contributed by atoms with E-state index >= 15 is 0 Å². The first-order valence-electron chi connectivity index (χ1n) is 4.15. The molecular formula is C8H16ClF2N. The van der Waals surface area contributed by atoms with Gasteiger partial charge in [-0.3, -0.25) is 0 Å². The maximum absolute atomic E-state index is 13.2. The Bertz CT molecular complexity index is 152. The first-order valence-corrected chi connectivity index (χ1v) is 4.15. The lowest BCUT2D eigenvalue weighted by Crippen LogP contribution is -2.59. The van der Waals surface area contributed by atoms with Crippen molar-refractivity contribution in [3.63, 3.8) is 0 Å². The van der Waals surface area contributed by atoms with Crippen molar-refractivity contribution in [1.82, 2.24) is 5.32 Å². The quantitative estimate of drug-likeness (QED) is 0.685. The van der Waals surface area contributed by atoms with Crippen LogP contribution in [0.1, 0.15) is 33.1 Å². The van der Waals surface area contributed by atoms with E-state index in [1.165, 1.54) is 0 Å². The first-order chi connectivity index (χ1) is 5.02. The summed E-state index contributed by atoms with van der Waals surface area (Å²) in [4.78, 5) is 0. The summed E-state index contributed by atoms with van der Waals surface area (Å²) in [5.41, 5.74) is -0.967. The summed E-state index contributed by atoms with van der Waals surface area (Å²) in [7, 11) is 0. The lowest BCUT2D eigenvalue weighted by molar-refractivity contribution is -0.107. The van der Waals surface area contributed by atoms with E-state index in [4.69, 9.17) is 0 Å². The normalized spacial score (nSPS) is 34.0. The summed E-state index contributed by atoms with van der Waals surface area (Å²) >= 11 is 0. The van der Waals surface area contributed by atoms with Gasteiger partial charge in [0.15, 0.2) is 0 Å². The molecule has 0 saturated carbocycles. The molecule has 0 radical (unpaired) electrons. The predicted octanol–water partition coefficient (Wildman–Crippen LogP) is 2.60. The number of halogens is 3. The number of nitrogens with one attached hydrogen (secondary N) is 1. The highest BCUT2D eigenvalue weighted by Crippen LogP contribution is 2.37. The molecule has 1 saturated heterocycles. The maximum atomic E-state index is 13.2. The van der Waals surface area contributed by atoms with E-state index < -0.39 is 11.5 Å². The van der Waals surface area contributed by atoms with Gasteiger partial charge in [-0.15, -0.1) is 12.4 Å². The second-order valence-corrected chi connectivity index (χ2v) is 3.42. The summed E-state index contributed by atoms with van der Waals surface area (Å²) in [5.74, 6) is -2.53. The smallest absolute Gasteiger partial charge is 0.265 e. The minimum Gasteiger partial charge on any atom is -0.306 e. The van der Waals surface area contributed by atoms with Crippen LogP contribution in [0.4, 0.5) is 8.78 Å². The molecule has 1 nitrogen and oxygen atoms in total. The van der Waals surface area contributed by atoms with Crippen LogP contribution in [0.5, 0.6) is 0 Å². The Morgan fingerprint density at radius 1 is 1.42 bits per heavy atom. The van der Waals surface area contributed by atoms with Gasteiger partial charge in [-0.2, -0.15) is 0 Å². The fourth-order valence-corrected chi connectivity index (χ4v) is 1.46. The van der Waals surface area contributed by atoms with Gasteiger partial charge in [0.25, 0.3) is 5.92 Å². The molecule has 0 aliphatic carbocycles. The molecule has 0 aromatic carbocycles. The molecule has 1 heterocycles. The molecule has 0 aromatic heterocycles. The molecule has 1 atom stereocenters. The van der Waals surface area contributed by atoms with Crippen molar-refractivity contribution in [2.45, 2.75) is 44.6 Å². The van der Waals surface area contributed by atoms with Crippen molar-refractivity contribution < 1.29 is 8.78 Å². The van der Waals surface area contributed by atoms with Crippen LogP contribution in [0.2, 0.25) is 0 Å². The van der Waals surface area contributed by atoms with E-state index in [2.05, 4.69) is 5.32 Å². The van der Waals surface area contributed by atoms with Crippen molar-refractivity contribution >= 4 is 12.4 Å². The third-order valence-electron chi connectivity index (χ3n) is 2.70. The largest absolute Gasteiger partial charge is 0.306 e. The molecule has 1 aliphatic heterocycles. The molecule has 0 bridgehead atoms. The van der Waals surface area contributed by atoms with Gasteiger partial charge in [0.05, 0.1) is 5.54 Å². The summed E-state index contributed by atoms with van der Waals surface area (Å²) in [6.45, 7) is 4.12. The van der Waals surface area contributed by atoms with Gasteiger partial charge in [0, 0.05) is 6.42 Å². The van der Waals surface area contributed by atoms with Crippen LogP contribution in [-0.2, 0) is 0 Å². The van der Waals surface area contributed by atoms with E-state index in [1.807, 2.05) is 0 Å². The Labute approximate surface area is 78.3 Å². The van der Waals surface area contributed by atoms with Crippen LogP contribution in [-0.4, -0.2) is 18.0 Å². The number of hydrogen-bond donors (Lipinski definition) is 1. The standard InChI is InChI=1S/C8H15F2N.ClH/c1-3-7(2)8(9,10)5-4-6-11-7;/h11H,3-6H2,1-2H3;1H. The second-order valence-electron chi connectivity index (χ2n) is 3.42. The van der Waals surface area contributed by atoms with Gasteiger partial charge in [-0.25, -0.2) is 8.78 Å². The summed E-state index contributed by atoms with van der Waals surface area (Å²) < 4.78 is 26.4. The Morgan fingerprint density at radius 2 is 2.00 bits per heavy atom. The molecular weight excluding hydrogens is 184 g/mol. The van der Waals surface area contributed by atoms with Gasteiger partial charge >= 0.3 is 0 Å². The molecule has 1 fully saturated rings. The van der Waals surface area contributed by atoms with Crippen LogP contribution in [0.3, 0.4) is 0 Å². The zero-order valence-corrected chi connectivity index (χ0v) is 8.31. The number of alkyl halides is 2. The van der Waals surface area contributed by atoms with Gasteiger partial charge in [0.1, 0.15) is 0 Å². The molecule has 0 amide bonds. The fourth-order valence-electron chi connectivity index (χ4n) is 1.46. The lowest BCUT2D eigenvalue weighted by Gasteiger charge is -2.41. The average Bonchev–Trinajstić information content (AvgIpc) is 1.95. The molecule has 1 rings (SSSR count). The Kier molecular flexibility index (Phi) is 3.91. The summed E-state index contributed by atoms with van der Waals surface area (Å²) in [6, 6.07) is 0. The van der Waals surface area contributed by atoms with E-state index in [9.17, 15) is 8.78 Å². The molecule has 0 spiro atoms. The van der Waals surface area contributed by atoms with E-state index in [-0.39, 0.29) is 18.8 Å². The fraction of sp³-hybridized carbons (Fsp3) is 1.00. The van der Waals surface area contributed by atoms with Crippen LogP contribution < -0.4 is 5.32 Å². The summed E-state index contributed by atoms with van der Waals surface area (Å²) in [6.07, 6.45) is 1.10. The highest BCUT2D eigenvalue weighted by Gasteiger charge is 2.49. The summed E-state index contributed by atoms with van der Waals surface area (Å²) in [5, 5.41) is 2.89. The van der Waals surface area contributed by atoms with Crippen LogP contribution >= 0.6 is 12.4 Å². The van der Waals surface area contributed by atoms with Gasteiger partial charge in [-0.05, 0) is 26.3 Å². The van der Waals surface area contributed by atoms with E-state index in [0.717, 1.165) is 6.54 Å². The Balaban J connectivity index is 0.00000121. The van der Waals surface area contributed by atoms with Gasteiger partial charge in [0.2, 0.25) is 0 Å². The lowest BCUT2D eigenvalue weighted by atomic mass is 9.84. The third kappa shape index (κ3) is 1.88. The monoisotopic (exact) mass is 199 g/mol. The van der Waals surface area contributed by atoms with Crippen molar-refractivity contribution in [2.75, 3.05) is 6.54 Å². The molecule has 1 aliphatic rings. The molecule has 1 N–H and O–H groups in total. The number of rotatable bonds is 1. The molecule has 4 heteroatoms. The molecule has 0 aromatic rings. The maximum Gasteiger partial charge on any atom is 0.265 e. The van der Waals surface area contributed by atoms with Crippen molar-refractivity contribution in [3.05, 3.63) is 0 Å². The van der Waals surface area contributed by atoms with Crippen LogP contribution in [0.25, 0.3) is 0 Å². The van der Waals surface area contributed by atoms with Crippen LogP contribution in [0.15, 0.2) is 0 Å². The van der Waals surface area contributed by atoms with Gasteiger partial charge in [-0.1, -0.05) is 6.92 Å². The average molecular weight is 200 g/mol. The molecule has 1 unspecified atom stereocenters. The minimum atomic E-state index is -2.53. The first kappa shape index (κ1) is 12.1. The van der Waals surface area contributed by atoms with Gasteiger partial charge < -0.3 is 5.32 Å². The number of piperidine rings is 1. The Morgan fingerprint density at radius 3 is 2.33 bits per heavy atom. The molecule has 74 valence electrons. The highest BCUT2D eigenvalue weighted by atomic mass is 35.5. The van der Waals surface area contributed by atoms with Crippen molar-refractivity contribution in [1.29, 1.82) is 0 Å². The topological polar surface area (TPSA) is 12.0 Å². The van der Waals surface area contributed by atoms with Crippen LogP contribution in [0, 0.1) is 0 Å². The van der Waals surface area contributed by atoms with Crippen molar-refractivity contribution in [2.24, 2.45) is 0 Å². The highest BCUT2D eigenvalue weighted by molar-refractivity contribution is 5.85. The number of hydrogen-bond acceptors (Lipinski definition) is 1. The zero-order chi connectivity index (χ0) is 8.54.